The van der Waals surface area contributed by atoms with Crippen LogP contribution in [0, 0.1) is 0 Å². The molecule has 2 aliphatic rings. The van der Waals surface area contributed by atoms with Crippen LogP contribution in [0.2, 0.25) is 0 Å². The van der Waals surface area contributed by atoms with Crippen LogP contribution in [0.4, 0.5) is 13.6 Å². The number of rotatable bonds is 8. The minimum atomic E-state index is -4.30. The number of amides is 3. The van der Waals surface area contributed by atoms with E-state index in [0.717, 1.165) is 10.5 Å². The standard InChI is InChI=1S/C27H29F2N3O5/c28-27(29,25(35)30-17-19-9-3-1-4-10-19)23(33)21-13-7-15-31(21)24(34)22-14-8-16-32(22)26(36)37-18-20-11-5-2-6-12-20/h1-6,9-12,21-22H,7-8,13-18H2,(H,30,35)/t21?,22-/m1/s1. The second kappa shape index (κ2) is 11.5. The summed E-state index contributed by atoms with van der Waals surface area (Å²) in [5.74, 6) is -8.19. The quantitative estimate of drug-likeness (QED) is 0.547. The van der Waals surface area contributed by atoms with Crippen molar-refractivity contribution in [2.75, 3.05) is 13.1 Å². The maximum atomic E-state index is 14.9. The Morgan fingerprint density at radius 3 is 2.05 bits per heavy atom. The van der Waals surface area contributed by atoms with Crippen LogP contribution in [-0.4, -0.2) is 64.6 Å². The fourth-order valence-corrected chi connectivity index (χ4v) is 4.75. The summed E-state index contributed by atoms with van der Waals surface area (Å²) in [6.07, 6.45) is 0.575. The number of Topliss-reactive ketones (excluding diaryl/α,β-unsaturated/α-hetero) is 1. The second-order valence-corrected chi connectivity index (χ2v) is 9.19. The summed E-state index contributed by atoms with van der Waals surface area (Å²) in [5, 5.41) is 2.11. The molecule has 0 aromatic heterocycles. The highest BCUT2D eigenvalue weighted by Crippen LogP contribution is 2.30. The molecule has 2 atom stereocenters. The van der Waals surface area contributed by atoms with E-state index >= 15 is 0 Å². The van der Waals surface area contributed by atoms with Gasteiger partial charge in [0.25, 0.3) is 5.91 Å². The second-order valence-electron chi connectivity index (χ2n) is 9.19. The Labute approximate surface area is 213 Å². The third kappa shape index (κ3) is 5.95. The Kier molecular flexibility index (Phi) is 8.15. The summed E-state index contributed by atoms with van der Waals surface area (Å²) in [6.45, 7) is 0.263. The van der Waals surface area contributed by atoms with Gasteiger partial charge in [0.05, 0.1) is 6.04 Å². The van der Waals surface area contributed by atoms with Gasteiger partial charge in [-0.25, -0.2) is 4.79 Å². The lowest BCUT2D eigenvalue weighted by atomic mass is 10.0. The first-order chi connectivity index (χ1) is 17.8. The number of ether oxygens (including phenoxy) is 1. The van der Waals surface area contributed by atoms with Gasteiger partial charge in [-0.15, -0.1) is 0 Å². The van der Waals surface area contributed by atoms with Crippen molar-refractivity contribution in [1.29, 1.82) is 0 Å². The van der Waals surface area contributed by atoms with E-state index in [1.54, 1.807) is 42.5 Å². The van der Waals surface area contributed by atoms with E-state index < -0.39 is 41.7 Å². The van der Waals surface area contributed by atoms with Gasteiger partial charge >= 0.3 is 12.0 Å². The number of likely N-dealkylation sites (tertiary alicyclic amines) is 2. The molecule has 37 heavy (non-hydrogen) atoms. The molecule has 2 heterocycles. The first kappa shape index (κ1) is 26.2. The number of carbonyl (C=O) groups excluding carboxylic acids is 4. The van der Waals surface area contributed by atoms with Gasteiger partial charge in [-0.1, -0.05) is 60.7 Å². The van der Waals surface area contributed by atoms with Crippen molar-refractivity contribution in [2.24, 2.45) is 0 Å². The molecule has 2 fully saturated rings. The molecule has 0 radical (unpaired) electrons. The predicted molar refractivity (Wildman–Crippen MR) is 129 cm³/mol. The average Bonchev–Trinajstić information content (AvgIpc) is 3.61. The highest BCUT2D eigenvalue weighted by atomic mass is 19.3. The molecule has 0 spiro atoms. The van der Waals surface area contributed by atoms with Crippen LogP contribution >= 0.6 is 0 Å². The molecular formula is C27H29F2N3O5. The Hall–Kier alpha value is -3.82. The number of nitrogens with zero attached hydrogens (tertiary/aromatic N) is 2. The number of hydrogen-bond donors (Lipinski definition) is 1. The average molecular weight is 514 g/mol. The Morgan fingerprint density at radius 2 is 1.41 bits per heavy atom. The van der Waals surface area contributed by atoms with Crippen LogP contribution in [0.1, 0.15) is 36.8 Å². The van der Waals surface area contributed by atoms with E-state index in [1.807, 2.05) is 18.2 Å². The van der Waals surface area contributed by atoms with Gasteiger partial charge in [-0.05, 0) is 36.8 Å². The van der Waals surface area contributed by atoms with Crippen LogP contribution in [0.25, 0.3) is 0 Å². The number of carbonyl (C=O) groups is 4. The molecule has 0 bridgehead atoms. The third-order valence-electron chi connectivity index (χ3n) is 6.71. The molecule has 0 saturated carbocycles. The molecule has 196 valence electrons. The van der Waals surface area contributed by atoms with Crippen molar-refractivity contribution in [3.63, 3.8) is 0 Å². The van der Waals surface area contributed by atoms with E-state index in [4.69, 9.17) is 4.74 Å². The number of alkyl halides is 2. The minimum Gasteiger partial charge on any atom is -0.445 e. The van der Waals surface area contributed by atoms with Gasteiger partial charge in [-0.3, -0.25) is 19.3 Å². The predicted octanol–water partition coefficient (Wildman–Crippen LogP) is 3.30. The Bertz CT molecular complexity index is 1130. The molecule has 4 rings (SSSR count). The van der Waals surface area contributed by atoms with E-state index in [2.05, 4.69) is 5.32 Å². The summed E-state index contributed by atoms with van der Waals surface area (Å²) in [6, 6.07) is 15.2. The van der Waals surface area contributed by atoms with Crippen molar-refractivity contribution in [1.82, 2.24) is 15.1 Å². The van der Waals surface area contributed by atoms with E-state index in [9.17, 15) is 28.0 Å². The number of ketones is 1. The van der Waals surface area contributed by atoms with E-state index in [-0.39, 0.29) is 32.7 Å². The van der Waals surface area contributed by atoms with Gasteiger partial charge in [0, 0.05) is 19.6 Å². The summed E-state index contributed by atoms with van der Waals surface area (Å²) < 4.78 is 35.1. The lowest BCUT2D eigenvalue weighted by molar-refractivity contribution is -0.163. The molecule has 1 N–H and O–H groups in total. The summed E-state index contributed by atoms with van der Waals surface area (Å²) in [4.78, 5) is 53.5. The van der Waals surface area contributed by atoms with Gasteiger partial charge < -0.3 is 15.0 Å². The fourth-order valence-electron chi connectivity index (χ4n) is 4.75. The van der Waals surface area contributed by atoms with Crippen molar-refractivity contribution in [2.45, 2.75) is 56.8 Å². The van der Waals surface area contributed by atoms with Crippen LogP contribution in [0.3, 0.4) is 0 Å². The normalized spacial score (nSPS) is 19.5. The molecule has 8 nitrogen and oxygen atoms in total. The van der Waals surface area contributed by atoms with Crippen molar-refractivity contribution >= 4 is 23.7 Å². The zero-order chi connectivity index (χ0) is 26.4. The van der Waals surface area contributed by atoms with Crippen LogP contribution in [0.5, 0.6) is 0 Å². The van der Waals surface area contributed by atoms with Crippen molar-refractivity contribution in [3.8, 4) is 0 Å². The van der Waals surface area contributed by atoms with Gasteiger partial charge in [0.15, 0.2) is 0 Å². The minimum absolute atomic E-state index is 0.0251. The number of benzene rings is 2. The third-order valence-corrected chi connectivity index (χ3v) is 6.71. The molecule has 2 saturated heterocycles. The monoisotopic (exact) mass is 513 g/mol. The maximum Gasteiger partial charge on any atom is 0.410 e. The van der Waals surface area contributed by atoms with Gasteiger partial charge in [0.1, 0.15) is 12.6 Å². The van der Waals surface area contributed by atoms with E-state index in [1.165, 1.54) is 4.90 Å². The Balaban J connectivity index is 1.38. The zero-order valence-corrected chi connectivity index (χ0v) is 20.3. The van der Waals surface area contributed by atoms with E-state index in [0.29, 0.717) is 24.8 Å². The first-order valence-electron chi connectivity index (χ1n) is 12.3. The van der Waals surface area contributed by atoms with Gasteiger partial charge in [0.2, 0.25) is 11.7 Å². The molecule has 2 aromatic rings. The molecule has 10 heteroatoms. The Morgan fingerprint density at radius 1 is 0.838 bits per heavy atom. The SMILES string of the molecule is O=C([C@H]1CCCN1C(=O)OCc1ccccc1)N1CCCC1C(=O)C(F)(F)C(=O)NCc1ccccc1. The highest BCUT2D eigenvalue weighted by molar-refractivity contribution is 6.10. The molecule has 2 aromatic carbocycles. The summed E-state index contributed by atoms with van der Waals surface area (Å²) in [7, 11) is 0. The van der Waals surface area contributed by atoms with Crippen LogP contribution in [0.15, 0.2) is 60.7 Å². The number of hydrogen-bond acceptors (Lipinski definition) is 5. The number of nitrogens with one attached hydrogen (secondary N) is 1. The first-order valence-corrected chi connectivity index (χ1v) is 12.3. The lowest BCUT2D eigenvalue weighted by Gasteiger charge is -2.31. The highest BCUT2D eigenvalue weighted by Gasteiger charge is 2.54. The largest absolute Gasteiger partial charge is 0.445 e. The van der Waals surface area contributed by atoms with Crippen molar-refractivity contribution in [3.05, 3.63) is 71.8 Å². The summed E-state index contributed by atoms with van der Waals surface area (Å²) in [5.41, 5.74) is 1.40. The van der Waals surface area contributed by atoms with Crippen LogP contribution in [-0.2, 0) is 32.3 Å². The molecule has 3 amide bonds. The van der Waals surface area contributed by atoms with Crippen LogP contribution < -0.4 is 5.32 Å². The smallest absolute Gasteiger partial charge is 0.410 e. The molecular weight excluding hydrogens is 484 g/mol. The van der Waals surface area contributed by atoms with Gasteiger partial charge in [-0.2, -0.15) is 8.78 Å². The topological polar surface area (TPSA) is 96.0 Å². The number of halogens is 2. The molecule has 2 aliphatic heterocycles. The zero-order valence-electron chi connectivity index (χ0n) is 20.3. The maximum absolute atomic E-state index is 14.9. The molecule has 1 unspecified atom stereocenters. The molecule has 0 aliphatic carbocycles. The fraction of sp³-hybridized carbons (Fsp3) is 0.407. The summed E-state index contributed by atoms with van der Waals surface area (Å²) >= 11 is 0. The lowest BCUT2D eigenvalue weighted by Crippen LogP contribution is -2.56. The van der Waals surface area contributed by atoms with Crippen molar-refractivity contribution < 1.29 is 32.7 Å².